The third-order valence-electron chi connectivity index (χ3n) is 5.04. The van der Waals surface area contributed by atoms with Crippen molar-refractivity contribution >= 4 is 16.8 Å². The number of aliphatic hydroxyl groups excluding tert-OH is 1. The number of nitrogens with zero attached hydrogens (tertiary/aromatic N) is 3. The molecule has 2 N–H and O–H groups in total. The van der Waals surface area contributed by atoms with Crippen LogP contribution in [0.1, 0.15) is 22.5 Å². The van der Waals surface area contributed by atoms with Gasteiger partial charge in [-0.05, 0) is 30.7 Å². The molecule has 4 rings (SSSR count). The molecule has 28 heavy (non-hydrogen) atoms. The quantitative estimate of drug-likeness (QED) is 0.725. The van der Waals surface area contributed by atoms with E-state index in [9.17, 15) is 14.3 Å². The number of halogens is 1. The normalized spacial score (nSPS) is 20.2. The highest BCUT2D eigenvalue weighted by atomic mass is 19.1. The Kier molecular flexibility index (Phi) is 5.27. The SMILES string of the molecule is O=C(NC1CCN(Cc2ccc3cccc(F)c3n2)CC1O)c1ccncc1. The zero-order valence-electron chi connectivity index (χ0n) is 15.3. The highest BCUT2D eigenvalue weighted by Gasteiger charge is 2.29. The highest BCUT2D eigenvalue weighted by Crippen LogP contribution is 2.19. The van der Waals surface area contributed by atoms with Gasteiger partial charge in [-0.15, -0.1) is 0 Å². The van der Waals surface area contributed by atoms with Crippen molar-refractivity contribution in [3.05, 3.63) is 71.9 Å². The summed E-state index contributed by atoms with van der Waals surface area (Å²) in [7, 11) is 0. The van der Waals surface area contributed by atoms with Gasteiger partial charge in [-0.3, -0.25) is 14.7 Å². The van der Waals surface area contributed by atoms with E-state index in [4.69, 9.17) is 0 Å². The minimum absolute atomic E-state index is 0.216. The Morgan fingerprint density at radius 2 is 2.04 bits per heavy atom. The highest BCUT2D eigenvalue weighted by molar-refractivity contribution is 5.94. The van der Waals surface area contributed by atoms with Crippen molar-refractivity contribution in [2.24, 2.45) is 0 Å². The second-order valence-electron chi connectivity index (χ2n) is 7.02. The average Bonchev–Trinajstić information content (AvgIpc) is 2.71. The lowest BCUT2D eigenvalue weighted by atomic mass is 10.0. The van der Waals surface area contributed by atoms with E-state index < -0.39 is 6.10 Å². The fourth-order valence-corrected chi connectivity index (χ4v) is 3.53. The van der Waals surface area contributed by atoms with Crippen LogP contribution in [-0.2, 0) is 6.54 Å². The summed E-state index contributed by atoms with van der Waals surface area (Å²) in [6, 6.07) is 11.6. The van der Waals surface area contributed by atoms with Gasteiger partial charge in [-0.25, -0.2) is 9.37 Å². The second kappa shape index (κ2) is 8.00. The number of hydrogen-bond acceptors (Lipinski definition) is 5. The molecule has 0 bridgehead atoms. The number of aromatic nitrogens is 2. The molecule has 144 valence electrons. The van der Waals surface area contributed by atoms with Gasteiger partial charge < -0.3 is 10.4 Å². The van der Waals surface area contributed by atoms with Crippen LogP contribution in [0.2, 0.25) is 0 Å². The number of β-amino-alcohol motifs (C(OH)–C–C–N with tert-alkyl or cyclic N) is 1. The summed E-state index contributed by atoms with van der Waals surface area (Å²) >= 11 is 0. The summed E-state index contributed by atoms with van der Waals surface area (Å²) < 4.78 is 14.0. The fourth-order valence-electron chi connectivity index (χ4n) is 3.53. The van der Waals surface area contributed by atoms with E-state index in [0.717, 1.165) is 11.1 Å². The van der Waals surface area contributed by atoms with E-state index in [2.05, 4.69) is 20.2 Å². The standard InChI is InChI=1S/C21H21FN4O2/c22-17-3-1-2-14-4-5-16(24-20(14)17)12-26-11-8-18(19(27)13-26)25-21(28)15-6-9-23-10-7-15/h1-7,9-10,18-19,27H,8,11-13H2,(H,25,28). The largest absolute Gasteiger partial charge is 0.390 e. The molecular formula is C21H21FN4O2. The number of piperidine rings is 1. The number of carbonyl (C=O) groups excluding carboxylic acids is 1. The van der Waals surface area contributed by atoms with E-state index in [0.29, 0.717) is 37.1 Å². The molecule has 2 atom stereocenters. The van der Waals surface area contributed by atoms with Crippen LogP contribution in [-0.4, -0.2) is 51.1 Å². The lowest BCUT2D eigenvalue weighted by Crippen LogP contribution is -2.53. The molecule has 6 nitrogen and oxygen atoms in total. The maximum absolute atomic E-state index is 14.0. The van der Waals surface area contributed by atoms with Crippen LogP contribution in [0.15, 0.2) is 54.9 Å². The Morgan fingerprint density at radius 3 is 2.82 bits per heavy atom. The summed E-state index contributed by atoms with van der Waals surface area (Å²) in [5, 5.41) is 14.1. The van der Waals surface area contributed by atoms with Crippen molar-refractivity contribution in [2.45, 2.75) is 25.1 Å². The van der Waals surface area contributed by atoms with Crippen LogP contribution in [0.3, 0.4) is 0 Å². The molecule has 3 aromatic rings. The number of para-hydroxylation sites is 1. The Balaban J connectivity index is 1.38. The van der Waals surface area contributed by atoms with Crippen LogP contribution >= 0.6 is 0 Å². The molecule has 3 heterocycles. The second-order valence-corrected chi connectivity index (χ2v) is 7.02. The van der Waals surface area contributed by atoms with E-state index >= 15 is 0 Å². The molecule has 7 heteroatoms. The third-order valence-corrected chi connectivity index (χ3v) is 5.04. The molecule has 0 aliphatic carbocycles. The molecule has 2 aromatic heterocycles. The fraction of sp³-hybridized carbons (Fsp3) is 0.286. The van der Waals surface area contributed by atoms with Crippen molar-refractivity contribution in [3.8, 4) is 0 Å². The number of hydrogen-bond donors (Lipinski definition) is 2. The molecule has 0 spiro atoms. The van der Waals surface area contributed by atoms with Crippen molar-refractivity contribution in [1.82, 2.24) is 20.2 Å². The van der Waals surface area contributed by atoms with Crippen LogP contribution < -0.4 is 5.32 Å². The molecule has 1 aromatic carbocycles. The lowest BCUT2D eigenvalue weighted by molar-refractivity contribution is 0.0345. The number of rotatable bonds is 4. The first kappa shape index (κ1) is 18.5. The molecule has 1 saturated heterocycles. The van der Waals surface area contributed by atoms with Crippen LogP contribution in [0.5, 0.6) is 0 Å². The van der Waals surface area contributed by atoms with Gasteiger partial charge in [0.05, 0.1) is 17.8 Å². The number of likely N-dealkylation sites (tertiary alicyclic amines) is 1. The number of aliphatic hydroxyl groups is 1. The maximum Gasteiger partial charge on any atom is 0.251 e. The van der Waals surface area contributed by atoms with Gasteiger partial charge in [0.25, 0.3) is 5.91 Å². The van der Waals surface area contributed by atoms with Crippen molar-refractivity contribution in [2.75, 3.05) is 13.1 Å². The van der Waals surface area contributed by atoms with Gasteiger partial charge in [0.1, 0.15) is 11.3 Å². The molecule has 0 saturated carbocycles. The van der Waals surface area contributed by atoms with Crippen molar-refractivity contribution in [3.63, 3.8) is 0 Å². The van der Waals surface area contributed by atoms with E-state index in [-0.39, 0.29) is 17.8 Å². The topological polar surface area (TPSA) is 78.4 Å². The summed E-state index contributed by atoms with van der Waals surface area (Å²) in [5.74, 6) is -0.552. The zero-order valence-corrected chi connectivity index (χ0v) is 15.3. The van der Waals surface area contributed by atoms with Crippen LogP contribution in [0.4, 0.5) is 4.39 Å². The predicted molar refractivity (Wildman–Crippen MR) is 103 cm³/mol. The van der Waals surface area contributed by atoms with Crippen LogP contribution in [0, 0.1) is 5.82 Å². The van der Waals surface area contributed by atoms with Gasteiger partial charge in [0, 0.05) is 43.0 Å². The zero-order chi connectivity index (χ0) is 19.5. The Bertz CT molecular complexity index is 983. The summed E-state index contributed by atoms with van der Waals surface area (Å²) in [4.78, 5) is 22.7. The minimum Gasteiger partial charge on any atom is -0.390 e. The van der Waals surface area contributed by atoms with Crippen molar-refractivity contribution < 1.29 is 14.3 Å². The number of pyridine rings is 2. The Morgan fingerprint density at radius 1 is 1.21 bits per heavy atom. The first-order valence-electron chi connectivity index (χ1n) is 9.25. The Hall–Kier alpha value is -2.90. The van der Waals surface area contributed by atoms with Gasteiger partial charge >= 0.3 is 0 Å². The number of amides is 1. The molecule has 2 unspecified atom stereocenters. The number of nitrogens with one attached hydrogen (secondary N) is 1. The number of fused-ring (bicyclic) bond motifs is 1. The summed E-state index contributed by atoms with van der Waals surface area (Å²) in [6.07, 6.45) is 3.07. The average molecular weight is 380 g/mol. The van der Waals surface area contributed by atoms with Gasteiger partial charge in [0.15, 0.2) is 0 Å². The molecule has 1 aliphatic rings. The molecule has 1 amide bonds. The molecule has 1 aliphatic heterocycles. The number of carbonyl (C=O) groups is 1. The summed E-state index contributed by atoms with van der Waals surface area (Å²) in [5.41, 5.74) is 1.64. The van der Waals surface area contributed by atoms with E-state index in [1.54, 1.807) is 30.6 Å². The maximum atomic E-state index is 14.0. The smallest absolute Gasteiger partial charge is 0.251 e. The van der Waals surface area contributed by atoms with Gasteiger partial charge in [0.2, 0.25) is 0 Å². The van der Waals surface area contributed by atoms with Gasteiger partial charge in [-0.1, -0.05) is 18.2 Å². The lowest BCUT2D eigenvalue weighted by Gasteiger charge is -2.36. The summed E-state index contributed by atoms with van der Waals surface area (Å²) in [6.45, 7) is 1.64. The number of benzene rings is 1. The molecule has 1 fully saturated rings. The van der Waals surface area contributed by atoms with Crippen molar-refractivity contribution in [1.29, 1.82) is 0 Å². The van der Waals surface area contributed by atoms with E-state index in [1.165, 1.54) is 6.07 Å². The first-order chi connectivity index (χ1) is 13.6. The molecular weight excluding hydrogens is 359 g/mol. The van der Waals surface area contributed by atoms with E-state index in [1.807, 2.05) is 18.2 Å². The van der Waals surface area contributed by atoms with Crippen LogP contribution in [0.25, 0.3) is 10.9 Å². The minimum atomic E-state index is -0.684. The Labute approximate surface area is 162 Å². The monoisotopic (exact) mass is 380 g/mol. The predicted octanol–water partition coefficient (Wildman–Crippen LogP) is 2.13. The van der Waals surface area contributed by atoms with Gasteiger partial charge in [-0.2, -0.15) is 0 Å². The third kappa shape index (κ3) is 4.00. The first-order valence-corrected chi connectivity index (χ1v) is 9.25. The molecule has 0 radical (unpaired) electrons.